The van der Waals surface area contributed by atoms with Crippen molar-refractivity contribution in [1.29, 1.82) is 0 Å². The minimum atomic E-state index is 0.499. The number of pyridine rings is 1. The van der Waals surface area contributed by atoms with Crippen LogP contribution in [0, 0.1) is 0 Å². The second-order valence-corrected chi connectivity index (χ2v) is 2.97. The number of nitrogen functional groups attached to an aromatic ring is 1. The smallest absolute Gasteiger partial charge is 0.127 e. The lowest BCUT2D eigenvalue weighted by molar-refractivity contribution is 1.02. The first-order chi connectivity index (χ1) is 6.84. The first-order valence-electron chi connectivity index (χ1n) is 4.30. The second kappa shape index (κ2) is 3.83. The Morgan fingerprint density at radius 2 is 2.21 bits per heavy atom. The monoisotopic (exact) mass is 186 g/mol. The molecule has 14 heavy (non-hydrogen) atoms. The van der Waals surface area contributed by atoms with Crippen LogP contribution in [0.3, 0.4) is 0 Å². The van der Waals surface area contributed by atoms with Crippen molar-refractivity contribution in [3.8, 4) is 0 Å². The summed E-state index contributed by atoms with van der Waals surface area (Å²) in [5.41, 5.74) is 7.57. The first-order valence-corrected chi connectivity index (χ1v) is 4.30. The lowest BCUT2D eigenvalue weighted by atomic mass is 10.1. The SMILES string of the molecule is Nc1cc(Cc2cccnc2)ncn1. The van der Waals surface area contributed by atoms with Gasteiger partial charge in [0.15, 0.2) is 0 Å². The van der Waals surface area contributed by atoms with Crippen LogP contribution in [0.15, 0.2) is 36.9 Å². The highest BCUT2D eigenvalue weighted by molar-refractivity contribution is 5.30. The maximum absolute atomic E-state index is 5.55. The van der Waals surface area contributed by atoms with Gasteiger partial charge in [-0.05, 0) is 11.6 Å². The standard InChI is InChI=1S/C10H10N4/c11-10-5-9(13-7-14-10)4-8-2-1-3-12-6-8/h1-3,5-7H,4H2,(H2,11,13,14). The van der Waals surface area contributed by atoms with Gasteiger partial charge < -0.3 is 5.73 Å². The van der Waals surface area contributed by atoms with Crippen LogP contribution >= 0.6 is 0 Å². The summed E-state index contributed by atoms with van der Waals surface area (Å²) in [4.78, 5) is 12.0. The molecule has 2 N–H and O–H groups in total. The van der Waals surface area contributed by atoms with Crippen LogP contribution < -0.4 is 5.73 Å². The second-order valence-electron chi connectivity index (χ2n) is 2.97. The van der Waals surface area contributed by atoms with Gasteiger partial charge in [-0.1, -0.05) is 6.07 Å². The zero-order valence-corrected chi connectivity index (χ0v) is 7.59. The molecule has 0 aromatic carbocycles. The lowest BCUT2D eigenvalue weighted by Crippen LogP contribution is -1.97. The van der Waals surface area contributed by atoms with Crippen molar-refractivity contribution in [3.05, 3.63) is 48.2 Å². The summed E-state index contributed by atoms with van der Waals surface area (Å²) in [7, 11) is 0. The Morgan fingerprint density at radius 1 is 1.29 bits per heavy atom. The van der Waals surface area contributed by atoms with Gasteiger partial charge in [0.1, 0.15) is 12.1 Å². The van der Waals surface area contributed by atoms with E-state index in [4.69, 9.17) is 5.73 Å². The number of hydrogen-bond donors (Lipinski definition) is 1. The van der Waals surface area contributed by atoms with Gasteiger partial charge in [-0.2, -0.15) is 0 Å². The fraction of sp³-hybridized carbons (Fsp3) is 0.100. The van der Waals surface area contributed by atoms with Crippen LogP contribution in [-0.4, -0.2) is 15.0 Å². The molecule has 0 saturated carbocycles. The summed E-state index contributed by atoms with van der Waals surface area (Å²) < 4.78 is 0. The third kappa shape index (κ3) is 2.04. The zero-order valence-electron chi connectivity index (χ0n) is 7.59. The molecule has 2 heterocycles. The van der Waals surface area contributed by atoms with Crippen LogP contribution in [-0.2, 0) is 6.42 Å². The number of nitrogens with two attached hydrogens (primary N) is 1. The highest BCUT2D eigenvalue weighted by Crippen LogP contribution is 2.06. The number of nitrogens with zero attached hydrogens (tertiary/aromatic N) is 3. The molecule has 0 bridgehead atoms. The molecule has 0 unspecified atom stereocenters. The first kappa shape index (κ1) is 8.62. The molecule has 0 fully saturated rings. The van der Waals surface area contributed by atoms with Crippen molar-refractivity contribution in [3.63, 3.8) is 0 Å². The summed E-state index contributed by atoms with van der Waals surface area (Å²) in [5, 5.41) is 0. The molecule has 70 valence electrons. The molecule has 2 aromatic heterocycles. The number of hydrogen-bond acceptors (Lipinski definition) is 4. The predicted octanol–water partition coefficient (Wildman–Crippen LogP) is 1.04. The van der Waals surface area contributed by atoms with E-state index in [0.29, 0.717) is 5.82 Å². The summed E-state index contributed by atoms with van der Waals surface area (Å²) in [5.74, 6) is 0.499. The van der Waals surface area contributed by atoms with E-state index in [1.54, 1.807) is 12.3 Å². The van der Waals surface area contributed by atoms with Gasteiger partial charge in [-0.3, -0.25) is 4.98 Å². The average Bonchev–Trinajstić information content (AvgIpc) is 2.19. The highest BCUT2D eigenvalue weighted by Gasteiger charge is 1.97. The maximum atomic E-state index is 5.55. The Hall–Kier alpha value is -1.97. The van der Waals surface area contributed by atoms with Crippen molar-refractivity contribution in [2.24, 2.45) is 0 Å². The van der Waals surface area contributed by atoms with Crippen molar-refractivity contribution >= 4 is 5.82 Å². The summed E-state index contributed by atoms with van der Waals surface area (Å²) in [6.45, 7) is 0. The van der Waals surface area contributed by atoms with Crippen molar-refractivity contribution in [2.75, 3.05) is 5.73 Å². The third-order valence-electron chi connectivity index (χ3n) is 1.85. The van der Waals surface area contributed by atoms with Gasteiger partial charge in [-0.25, -0.2) is 9.97 Å². The van der Waals surface area contributed by atoms with Crippen LogP contribution in [0.4, 0.5) is 5.82 Å². The minimum absolute atomic E-state index is 0.499. The van der Waals surface area contributed by atoms with Crippen molar-refractivity contribution in [1.82, 2.24) is 15.0 Å². The fourth-order valence-electron chi connectivity index (χ4n) is 1.22. The molecule has 0 spiro atoms. The number of anilines is 1. The van der Waals surface area contributed by atoms with Crippen LogP contribution in [0.5, 0.6) is 0 Å². The van der Waals surface area contributed by atoms with Gasteiger partial charge in [0.05, 0.1) is 5.69 Å². The molecule has 0 radical (unpaired) electrons. The van der Waals surface area contributed by atoms with Crippen LogP contribution in [0.1, 0.15) is 11.3 Å². The molecule has 0 amide bonds. The number of rotatable bonds is 2. The zero-order chi connectivity index (χ0) is 9.80. The number of aromatic nitrogens is 3. The Morgan fingerprint density at radius 3 is 2.93 bits per heavy atom. The Balaban J connectivity index is 2.19. The molecule has 0 aliphatic carbocycles. The predicted molar refractivity (Wildman–Crippen MR) is 53.5 cm³/mol. The van der Waals surface area contributed by atoms with Gasteiger partial charge in [0.2, 0.25) is 0 Å². The van der Waals surface area contributed by atoms with E-state index in [1.165, 1.54) is 6.33 Å². The van der Waals surface area contributed by atoms with Gasteiger partial charge in [0.25, 0.3) is 0 Å². The molecule has 4 nitrogen and oxygen atoms in total. The lowest BCUT2D eigenvalue weighted by Gasteiger charge is -2.00. The largest absolute Gasteiger partial charge is 0.384 e. The molecule has 0 aliphatic heterocycles. The molecule has 0 aliphatic rings. The van der Waals surface area contributed by atoms with E-state index in [-0.39, 0.29) is 0 Å². The van der Waals surface area contributed by atoms with Gasteiger partial charge in [-0.15, -0.1) is 0 Å². The Bertz CT molecular complexity index is 413. The van der Waals surface area contributed by atoms with E-state index in [2.05, 4.69) is 15.0 Å². The molecular formula is C10H10N4. The summed E-state index contributed by atoms with van der Waals surface area (Å²) >= 11 is 0. The van der Waals surface area contributed by atoms with Crippen LogP contribution in [0.25, 0.3) is 0 Å². The summed E-state index contributed by atoms with van der Waals surface area (Å²) in [6, 6.07) is 5.68. The molecule has 0 atom stereocenters. The highest BCUT2D eigenvalue weighted by atomic mass is 14.9. The van der Waals surface area contributed by atoms with E-state index < -0.39 is 0 Å². The normalized spacial score (nSPS) is 10.0. The van der Waals surface area contributed by atoms with E-state index in [9.17, 15) is 0 Å². The molecule has 2 aromatic rings. The molecule has 0 saturated heterocycles. The Labute approximate surface area is 81.9 Å². The topological polar surface area (TPSA) is 64.7 Å². The molecular weight excluding hydrogens is 176 g/mol. The maximum Gasteiger partial charge on any atom is 0.127 e. The van der Waals surface area contributed by atoms with E-state index in [1.807, 2.05) is 18.3 Å². The molecule has 2 rings (SSSR count). The average molecular weight is 186 g/mol. The van der Waals surface area contributed by atoms with Gasteiger partial charge in [0, 0.05) is 24.9 Å². The van der Waals surface area contributed by atoms with E-state index in [0.717, 1.165) is 17.7 Å². The molecule has 4 heteroatoms. The van der Waals surface area contributed by atoms with Crippen molar-refractivity contribution < 1.29 is 0 Å². The van der Waals surface area contributed by atoms with Gasteiger partial charge >= 0.3 is 0 Å². The fourth-order valence-corrected chi connectivity index (χ4v) is 1.22. The Kier molecular flexibility index (Phi) is 2.36. The van der Waals surface area contributed by atoms with E-state index >= 15 is 0 Å². The quantitative estimate of drug-likeness (QED) is 0.761. The minimum Gasteiger partial charge on any atom is -0.384 e. The third-order valence-corrected chi connectivity index (χ3v) is 1.85. The van der Waals surface area contributed by atoms with Crippen molar-refractivity contribution in [2.45, 2.75) is 6.42 Å². The van der Waals surface area contributed by atoms with Crippen LogP contribution in [0.2, 0.25) is 0 Å². The summed E-state index contributed by atoms with van der Waals surface area (Å²) in [6.07, 6.45) is 5.78.